The van der Waals surface area contributed by atoms with Crippen LogP contribution in [0.1, 0.15) is 24.0 Å². The van der Waals surface area contributed by atoms with Crippen molar-refractivity contribution in [3.05, 3.63) is 59.4 Å². The van der Waals surface area contributed by atoms with Crippen LogP contribution < -0.4 is 10.6 Å². The lowest BCUT2D eigenvalue weighted by Gasteiger charge is -2.17. The average Bonchev–Trinajstić information content (AvgIpc) is 2.54. The smallest absolute Gasteiger partial charge is 0.224 e. The Bertz CT molecular complexity index is 741. The van der Waals surface area contributed by atoms with Gasteiger partial charge in [-0.25, -0.2) is 4.39 Å². The Hall–Kier alpha value is -2.69. The van der Waals surface area contributed by atoms with Gasteiger partial charge in [-0.1, -0.05) is 12.1 Å². The predicted molar refractivity (Wildman–Crippen MR) is 86.7 cm³/mol. The fourth-order valence-corrected chi connectivity index (χ4v) is 2.59. The van der Waals surface area contributed by atoms with Crippen LogP contribution in [-0.2, 0) is 22.4 Å². The lowest BCUT2D eigenvalue weighted by molar-refractivity contribution is -0.117. The van der Waals surface area contributed by atoms with Gasteiger partial charge in [0, 0.05) is 24.2 Å². The van der Waals surface area contributed by atoms with Gasteiger partial charge in [0.2, 0.25) is 11.8 Å². The predicted octanol–water partition coefficient (Wildman–Crippen LogP) is 3.28. The monoisotopic (exact) mass is 312 g/mol. The summed E-state index contributed by atoms with van der Waals surface area (Å²) in [5.74, 6) is -0.345. The van der Waals surface area contributed by atoms with Gasteiger partial charge >= 0.3 is 0 Å². The van der Waals surface area contributed by atoms with Crippen molar-refractivity contribution in [1.29, 1.82) is 0 Å². The lowest BCUT2D eigenvalue weighted by Crippen LogP contribution is -2.19. The Morgan fingerprint density at radius 2 is 1.91 bits per heavy atom. The van der Waals surface area contributed by atoms with Gasteiger partial charge in [-0.15, -0.1) is 0 Å². The molecule has 4 nitrogen and oxygen atoms in total. The van der Waals surface area contributed by atoms with Crippen LogP contribution in [0.5, 0.6) is 0 Å². The maximum atomic E-state index is 12.8. The van der Waals surface area contributed by atoms with Crippen LogP contribution >= 0.6 is 0 Å². The largest absolute Gasteiger partial charge is 0.326 e. The van der Waals surface area contributed by atoms with Crippen LogP contribution in [-0.4, -0.2) is 11.8 Å². The molecule has 1 heterocycles. The molecule has 0 atom stereocenters. The highest BCUT2D eigenvalue weighted by Crippen LogP contribution is 2.25. The Morgan fingerprint density at radius 1 is 1.13 bits per heavy atom. The number of fused-ring (bicyclic) bond motifs is 1. The van der Waals surface area contributed by atoms with Crippen molar-refractivity contribution >= 4 is 23.2 Å². The lowest BCUT2D eigenvalue weighted by atomic mass is 10.0. The zero-order valence-electron chi connectivity index (χ0n) is 12.6. The van der Waals surface area contributed by atoms with Crippen molar-refractivity contribution in [3.8, 4) is 0 Å². The average molecular weight is 312 g/mol. The highest BCUT2D eigenvalue weighted by molar-refractivity contribution is 5.95. The zero-order chi connectivity index (χ0) is 16.2. The molecule has 118 valence electrons. The first-order valence-corrected chi connectivity index (χ1v) is 7.57. The number of carbonyl (C=O) groups is 2. The van der Waals surface area contributed by atoms with Crippen LogP contribution in [0, 0.1) is 5.82 Å². The molecule has 0 spiro atoms. The molecule has 2 amide bonds. The summed E-state index contributed by atoms with van der Waals surface area (Å²) in [7, 11) is 0. The van der Waals surface area contributed by atoms with Gasteiger partial charge in [-0.3, -0.25) is 9.59 Å². The molecule has 0 unspecified atom stereocenters. The molecule has 0 saturated heterocycles. The SMILES string of the molecule is O=C(CCc1ccc(F)cc1)Nc1ccc2c(c1)CCC(=O)N2. The van der Waals surface area contributed by atoms with Gasteiger partial charge in [0.05, 0.1) is 0 Å². The van der Waals surface area contributed by atoms with Crippen molar-refractivity contribution < 1.29 is 14.0 Å². The van der Waals surface area contributed by atoms with E-state index in [1.54, 1.807) is 18.2 Å². The summed E-state index contributed by atoms with van der Waals surface area (Å²) in [4.78, 5) is 23.3. The topological polar surface area (TPSA) is 58.2 Å². The van der Waals surface area contributed by atoms with Gasteiger partial charge in [0.25, 0.3) is 0 Å². The second-order valence-corrected chi connectivity index (χ2v) is 5.59. The number of aryl methyl sites for hydroxylation is 2. The first kappa shape index (κ1) is 15.2. The van der Waals surface area contributed by atoms with Crippen molar-refractivity contribution in [2.45, 2.75) is 25.7 Å². The van der Waals surface area contributed by atoms with E-state index >= 15 is 0 Å². The molecule has 3 rings (SSSR count). The van der Waals surface area contributed by atoms with Crippen LogP contribution in [0.25, 0.3) is 0 Å². The van der Waals surface area contributed by atoms with Gasteiger partial charge < -0.3 is 10.6 Å². The first-order valence-electron chi connectivity index (χ1n) is 7.57. The second-order valence-electron chi connectivity index (χ2n) is 5.59. The molecule has 2 aromatic rings. The standard InChI is InChI=1S/C18H17FN2O2/c19-14-5-1-12(2-6-14)3-9-17(22)20-15-7-8-16-13(11-15)4-10-18(23)21-16/h1-2,5-8,11H,3-4,9-10H2,(H,20,22)(H,21,23). The first-order chi connectivity index (χ1) is 11.1. The number of hydrogen-bond acceptors (Lipinski definition) is 2. The normalized spacial score (nSPS) is 13.2. The molecule has 2 aromatic carbocycles. The minimum Gasteiger partial charge on any atom is -0.326 e. The molecule has 0 fully saturated rings. The second kappa shape index (κ2) is 6.60. The number of nitrogens with one attached hydrogen (secondary N) is 2. The number of rotatable bonds is 4. The molecule has 0 radical (unpaired) electrons. The van der Waals surface area contributed by atoms with E-state index in [1.165, 1.54) is 12.1 Å². The van der Waals surface area contributed by atoms with Crippen molar-refractivity contribution in [1.82, 2.24) is 0 Å². The van der Waals surface area contributed by atoms with E-state index < -0.39 is 0 Å². The number of amides is 2. The summed E-state index contributed by atoms with van der Waals surface area (Å²) in [6.45, 7) is 0. The third-order valence-corrected chi connectivity index (χ3v) is 3.84. The van der Waals surface area contributed by atoms with Crippen LogP contribution in [0.4, 0.5) is 15.8 Å². The summed E-state index contributed by atoms with van der Waals surface area (Å²) < 4.78 is 12.8. The van der Waals surface area contributed by atoms with Crippen LogP contribution in [0.15, 0.2) is 42.5 Å². The van der Waals surface area contributed by atoms with Gasteiger partial charge in [-0.2, -0.15) is 0 Å². The number of carbonyl (C=O) groups excluding carboxylic acids is 2. The molecule has 0 saturated carbocycles. The van der Waals surface area contributed by atoms with Crippen LogP contribution in [0.3, 0.4) is 0 Å². The molecule has 23 heavy (non-hydrogen) atoms. The number of halogens is 1. The van der Waals surface area contributed by atoms with E-state index in [1.807, 2.05) is 12.1 Å². The van der Waals surface area contributed by atoms with Crippen molar-refractivity contribution in [3.63, 3.8) is 0 Å². The Labute approximate surface area is 133 Å². The van der Waals surface area contributed by atoms with E-state index in [-0.39, 0.29) is 17.6 Å². The maximum absolute atomic E-state index is 12.8. The molecule has 2 N–H and O–H groups in total. The Kier molecular flexibility index (Phi) is 4.37. The summed E-state index contributed by atoms with van der Waals surface area (Å²) in [5.41, 5.74) is 3.49. The minimum absolute atomic E-state index is 0.0218. The van der Waals surface area contributed by atoms with E-state index in [0.717, 1.165) is 22.5 Å². The van der Waals surface area contributed by atoms with Gasteiger partial charge in [0.15, 0.2) is 0 Å². The Balaban J connectivity index is 1.57. The molecule has 0 bridgehead atoms. The van der Waals surface area contributed by atoms with E-state index in [2.05, 4.69) is 10.6 Å². The third kappa shape index (κ3) is 3.94. The van der Waals surface area contributed by atoms with Crippen molar-refractivity contribution in [2.75, 3.05) is 10.6 Å². The summed E-state index contributed by atoms with van der Waals surface area (Å²) in [6, 6.07) is 11.6. The van der Waals surface area contributed by atoms with Crippen molar-refractivity contribution in [2.24, 2.45) is 0 Å². The summed E-state index contributed by atoms with van der Waals surface area (Å²) >= 11 is 0. The van der Waals surface area contributed by atoms with Gasteiger partial charge in [-0.05, 0) is 54.3 Å². The van der Waals surface area contributed by atoms with E-state index in [9.17, 15) is 14.0 Å². The molecular formula is C18H17FN2O2. The minimum atomic E-state index is -0.278. The highest BCUT2D eigenvalue weighted by Gasteiger charge is 2.15. The fraction of sp³-hybridized carbons (Fsp3) is 0.222. The molecule has 5 heteroatoms. The molecule has 1 aliphatic heterocycles. The number of hydrogen-bond donors (Lipinski definition) is 2. The molecule has 0 aliphatic carbocycles. The fourth-order valence-electron chi connectivity index (χ4n) is 2.59. The molecular weight excluding hydrogens is 295 g/mol. The number of anilines is 2. The third-order valence-electron chi connectivity index (χ3n) is 3.84. The molecule has 0 aromatic heterocycles. The number of benzene rings is 2. The van der Waals surface area contributed by atoms with Crippen LogP contribution in [0.2, 0.25) is 0 Å². The maximum Gasteiger partial charge on any atom is 0.224 e. The quantitative estimate of drug-likeness (QED) is 0.910. The van der Waals surface area contributed by atoms with E-state index in [4.69, 9.17) is 0 Å². The van der Waals surface area contributed by atoms with E-state index in [0.29, 0.717) is 25.7 Å². The summed E-state index contributed by atoms with van der Waals surface area (Å²) in [6.07, 6.45) is 2.04. The summed E-state index contributed by atoms with van der Waals surface area (Å²) in [5, 5.41) is 5.67. The Morgan fingerprint density at radius 3 is 2.70 bits per heavy atom. The molecule has 1 aliphatic rings. The zero-order valence-corrected chi connectivity index (χ0v) is 12.6. The van der Waals surface area contributed by atoms with Gasteiger partial charge in [0.1, 0.15) is 5.82 Å². The highest BCUT2D eigenvalue weighted by atomic mass is 19.1.